The zero-order chi connectivity index (χ0) is 19.6. The van der Waals surface area contributed by atoms with Gasteiger partial charge in [-0.3, -0.25) is 14.6 Å². The van der Waals surface area contributed by atoms with E-state index in [0.29, 0.717) is 26.3 Å². The van der Waals surface area contributed by atoms with Crippen molar-refractivity contribution in [2.24, 2.45) is 0 Å². The Hall–Kier alpha value is -2.04. The summed E-state index contributed by atoms with van der Waals surface area (Å²) in [5.74, 6) is -0.571. The second-order valence-electron chi connectivity index (χ2n) is 6.02. The molecule has 0 N–H and O–H groups in total. The van der Waals surface area contributed by atoms with Gasteiger partial charge in [-0.25, -0.2) is 9.69 Å². The minimum atomic E-state index is -4.40. The Kier molecular flexibility index (Phi) is 5.78. The molecule has 0 bridgehead atoms. The number of carbonyl (C=O) groups excluding carboxylic acids is 2. The van der Waals surface area contributed by atoms with Crippen molar-refractivity contribution in [3.05, 3.63) is 36.5 Å². The number of benzene rings is 1. The third-order valence-electron chi connectivity index (χ3n) is 4.27. The minimum Gasteiger partial charge on any atom is -0.379 e. The van der Waals surface area contributed by atoms with Crippen LogP contribution in [0.2, 0.25) is 0 Å². The van der Waals surface area contributed by atoms with E-state index in [1.165, 1.54) is 29.2 Å². The minimum absolute atomic E-state index is 0.0201. The maximum Gasteiger partial charge on any atom is 0.446 e. The molecule has 2 saturated heterocycles. The molecule has 10 heteroatoms. The summed E-state index contributed by atoms with van der Waals surface area (Å²) in [6.45, 7) is 7.34. The van der Waals surface area contributed by atoms with Gasteiger partial charge in [-0.15, -0.1) is 0 Å². The summed E-state index contributed by atoms with van der Waals surface area (Å²) in [7, 11) is 0. The molecule has 0 aromatic heterocycles. The van der Waals surface area contributed by atoms with Crippen molar-refractivity contribution in [2.75, 3.05) is 44.3 Å². The van der Waals surface area contributed by atoms with Crippen molar-refractivity contribution in [1.82, 2.24) is 9.80 Å². The number of rotatable bonds is 5. The number of hydrogen-bond donors (Lipinski definition) is 0. The van der Waals surface area contributed by atoms with Crippen molar-refractivity contribution in [3.8, 4) is 0 Å². The van der Waals surface area contributed by atoms with Crippen molar-refractivity contribution >= 4 is 29.4 Å². The highest BCUT2D eigenvalue weighted by molar-refractivity contribution is 8.00. The maximum absolute atomic E-state index is 12.7. The van der Waals surface area contributed by atoms with Gasteiger partial charge in [0, 0.05) is 31.1 Å². The predicted molar refractivity (Wildman–Crippen MR) is 94.3 cm³/mol. The second kappa shape index (κ2) is 7.91. The molecule has 0 aliphatic carbocycles. The quantitative estimate of drug-likeness (QED) is 0.432. The fourth-order valence-electron chi connectivity index (χ4n) is 2.89. The van der Waals surface area contributed by atoms with Crippen molar-refractivity contribution in [2.45, 2.75) is 10.4 Å². The molecule has 2 aliphatic heterocycles. The number of carbonyl (C=O) groups is 2. The monoisotopic (exact) mass is 401 g/mol. The molecule has 146 valence electrons. The van der Waals surface area contributed by atoms with Crippen molar-refractivity contribution < 1.29 is 27.5 Å². The first-order valence-electron chi connectivity index (χ1n) is 8.27. The first-order chi connectivity index (χ1) is 12.8. The van der Waals surface area contributed by atoms with Gasteiger partial charge in [0.1, 0.15) is 5.70 Å². The van der Waals surface area contributed by atoms with E-state index in [9.17, 15) is 22.8 Å². The van der Waals surface area contributed by atoms with Gasteiger partial charge in [0.2, 0.25) is 0 Å². The van der Waals surface area contributed by atoms with Gasteiger partial charge in [-0.05, 0) is 36.0 Å². The van der Waals surface area contributed by atoms with Crippen LogP contribution in [0, 0.1) is 0 Å². The SMILES string of the molecule is C=C1C(=O)N(c2ccc(SC(F)(F)F)cc2)C(=O)N1CCN1CCOCC1. The lowest BCUT2D eigenvalue weighted by Gasteiger charge is -2.28. The van der Waals surface area contributed by atoms with Crippen molar-refractivity contribution in [1.29, 1.82) is 0 Å². The highest BCUT2D eigenvalue weighted by Crippen LogP contribution is 2.37. The van der Waals surface area contributed by atoms with Crippen LogP contribution in [0.1, 0.15) is 0 Å². The maximum atomic E-state index is 12.7. The van der Waals surface area contributed by atoms with E-state index in [2.05, 4.69) is 11.5 Å². The molecule has 0 unspecified atom stereocenters. The second-order valence-corrected chi connectivity index (χ2v) is 7.16. The molecule has 27 heavy (non-hydrogen) atoms. The fraction of sp³-hybridized carbons (Fsp3) is 0.412. The zero-order valence-electron chi connectivity index (χ0n) is 14.4. The zero-order valence-corrected chi connectivity index (χ0v) is 15.2. The van der Waals surface area contributed by atoms with Crippen LogP contribution < -0.4 is 4.90 Å². The molecular formula is C17H18F3N3O3S. The number of imide groups is 1. The molecule has 3 amide bonds. The van der Waals surface area contributed by atoms with E-state index in [4.69, 9.17) is 4.74 Å². The van der Waals surface area contributed by atoms with Gasteiger partial charge in [0.05, 0.1) is 18.9 Å². The van der Waals surface area contributed by atoms with Crippen LogP contribution in [0.3, 0.4) is 0 Å². The van der Waals surface area contributed by atoms with Crippen LogP contribution in [-0.2, 0) is 9.53 Å². The van der Waals surface area contributed by atoms with Gasteiger partial charge in [-0.2, -0.15) is 13.2 Å². The Morgan fingerprint density at radius 3 is 2.30 bits per heavy atom. The Bertz CT molecular complexity index is 733. The highest BCUT2D eigenvalue weighted by Gasteiger charge is 2.40. The number of anilines is 1. The Labute approximate surface area is 158 Å². The molecule has 2 aliphatic rings. The number of urea groups is 1. The molecule has 0 atom stereocenters. The number of morpholine rings is 1. The molecule has 6 nitrogen and oxygen atoms in total. The summed E-state index contributed by atoms with van der Waals surface area (Å²) in [5, 5.41) is 0. The number of thioether (sulfide) groups is 1. The normalized spacial score (nSPS) is 19.3. The summed E-state index contributed by atoms with van der Waals surface area (Å²) < 4.78 is 42.5. The van der Waals surface area contributed by atoms with E-state index in [-0.39, 0.29) is 28.0 Å². The van der Waals surface area contributed by atoms with Gasteiger partial charge in [0.15, 0.2) is 0 Å². The van der Waals surface area contributed by atoms with Gasteiger partial charge in [-0.1, -0.05) is 6.58 Å². The lowest BCUT2D eigenvalue weighted by Crippen LogP contribution is -2.42. The number of amides is 3. The summed E-state index contributed by atoms with van der Waals surface area (Å²) >= 11 is -0.253. The number of ether oxygens (including phenoxy) is 1. The Morgan fingerprint density at radius 2 is 1.70 bits per heavy atom. The number of hydrogen-bond acceptors (Lipinski definition) is 5. The summed E-state index contributed by atoms with van der Waals surface area (Å²) in [4.78, 5) is 29.4. The molecule has 0 saturated carbocycles. The van der Waals surface area contributed by atoms with Crippen LogP contribution in [0.15, 0.2) is 41.4 Å². The summed E-state index contributed by atoms with van der Waals surface area (Å²) in [5.41, 5.74) is -4.13. The van der Waals surface area contributed by atoms with Crippen LogP contribution in [0.25, 0.3) is 0 Å². The van der Waals surface area contributed by atoms with E-state index < -0.39 is 17.4 Å². The third kappa shape index (κ3) is 4.63. The van der Waals surface area contributed by atoms with Crippen LogP contribution >= 0.6 is 11.8 Å². The number of alkyl halides is 3. The first-order valence-corrected chi connectivity index (χ1v) is 9.09. The van der Waals surface area contributed by atoms with Gasteiger partial charge < -0.3 is 4.74 Å². The third-order valence-corrected chi connectivity index (χ3v) is 5.01. The number of halogens is 3. The Balaban J connectivity index is 1.68. The molecule has 2 heterocycles. The Morgan fingerprint density at radius 1 is 1.07 bits per heavy atom. The molecule has 2 fully saturated rings. The lowest BCUT2D eigenvalue weighted by atomic mass is 10.3. The average molecular weight is 401 g/mol. The molecule has 3 rings (SSSR count). The first kappa shape index (κ1) is 19.7. The number of nitrogens with zero attached hydrogens (tertiary/aromatic N) is 3. The largest absolute Gasteiger partial charge is 0.446 e. The van der Waals surface area contributed by atoms with Crippen LogP contribution in [0.4, 0.5) is 23.7 Å². The standard InChI is InChI=1S/C17H18F3N3O3S/c1-12-15(24)23(13-2-4-14(5-3-13)27-17(18,19)20)16(25)22(12)7-6-21-8-10-26-11-9-21/h2-5H,1,6-11H2. The van der Waals surface area contributed by atoms with Crippen LogP contribution in [-0.4, -0.2) is 66.6 Å². The van der Waals surface area contributed by atoms with E-state index in [1.807, 2.05) is 0 Å². The van der Waals surface area contributed by atoms with Crippen LogP contribution in [0.5, 0.6) is 0 Å². The van der Waals surface area contributed by atoms with Crippen molar-refractivity contribution in [3.63, 3.8) is 0 Å². The molecular weight excluding hydrogens is 383 g/mol. The van der Waals surface area contributed by atoms with E-state index in [0.717, 1.165) is 18.0 Å². The average Bonchev–Trinajstić information content (AvgIpc) is 2.83. The summed E-state index contributed by atoms with van der Waals surface area (Å²) in [6, 6.07) is 4.56. The highest BCUT2D eigenvalue weighted by atomic mass is 32.2. The topological polar surface area (TPSA) is 53.1 Å². The lowest BCUT2D eigenvalue weighted by molar-refractivity contribution is -0.114. The predicted octanol–water partition coefficient (Wildman–Crippen LogP) is 2.91. The molecule has 1 aromatic rings. The fourth-order valence-corrected chi connectivity index (χ4v) is 3.43. The van der Waals surface area contributed by atoms with Gasteiger partial charge >= 0.3 is 11.5 Å². The molecule has 0 spiro atoms. The molecule has 0 radical (unpaired) electrons. The van der Waals surface area contributed by atoms with Gasteiger partial charge in [0.25, 0.3) is 5.91 Å². The van der Waals surface area contributed by atoms with E-state index >= 15 is 0 Å². The molecule has 1 aromatic carbocycles. The summed E-state index contributed by atoms with van der Waals surface area (Å²) in [6.07, 6.45) is 0. The smallest absolute Gasteiger partial charge is 0.379 e. The van der Waals surface area contributed by atoms with E-state index in [1.54, 1.807) is 0 Å².